The number of amides is 1. The Hall–Kier alpha value is -1.80. The van der Waals surface area contributed by atoms with Crippen LogP contribution in [0.4, 0.5) is 0 Å². The highest BCUT2D eigenvalue weighted by Gasteiger charge is 2.38. The number of aromatic nitrogens is 1. The van der Waals surface area contributed by atoms with E-state index in [1.54, 1.807) is 11.3 Å². The van der Waals surface area contributed by atoms with Gasteiger partial charge in [-0.05, 0) is 78.3 Å². The first-order valence-corrected chi connectivity index (χ1v) is 11.6. The minimum Gasteiger partial charge on any atom is -0.366 e. The van der Waals surface area contributed by atoms with Crippen LogP contribution in [-0.4, -0.2) is 30.5 Å². The van der Waals surface area contributed by atoms with E-state index in [0.717, 1.165) is 27.6 Å². The quantitative estimate of drug-likeness (QED) is 0.470. The van der Waals surface area contributed by atoms with Crippen LogP contribution in [0.3, 0.4) is 0 Å². The SMILES string of the molecule is CC1CC(c2c[nH]c3c(C(N)=O)cc(-c4ccsc4)cc23)CC(C)S1(O)O. The molecule has 0 spiro atoms. The number of carbonyl (C=O) groups excluding carboxylic acids is 1. The molecule has 5 N–H and O–H groups in total. The minimum atomic E-state index is -2.57. The Kier molecular flexibility index (Phi) is 4.58. The van der Waals surface area contributed by atoms with Gasteiger partial charge in [0.15, 0.2) is 0 Å². The first-order chi connectivity index (χ1) is 12.8. The molecule has 3 heterocycles. The molecule has 0 saturated carbocycles. The molecule has 0 radical (unpaired) electrons. The van der Waals surface area contributed by atoms with Gasteiger partial charge in [0.25, 0.3) is 5.91 Å². The van der Waals surface area contributed by atoms with Crippen LogP contribution in [0.2, 0.25) is 0 Å². The van der Waals surface area contributed by atoms with Crippen molar-refractivity contribution >= 4 is 38.7 Å². The predicted octanol–water partition coefficient (Wildman–Crippen LogP) is 5.40. The number of aromatic amines is 1. The molecule has 1 aliphatic rings. The van der Waals surface area contributed by atoms with Gasteiger partial charge in [0.1, 0.15) is 0 Å². The van der Waals surface area contributed by atoms with Crippen molar-refractivity contribution in [3.05, 3.63) is 46.3 Å². The molecule has 0 bridgehead atoms. The van der Waals surface area contributed by atoms with Gasteiger partial charge in [-0.3, -0.25) is 13.9 Å². The standard InChI is InChI=1S/C20H24N2O3S2/c1-11-5-15(6-12(2)27(11,24)25)18-9-22-19-16(18)7-14(8-17(19)20(21)23)13-3-4-26-10-13/h3-4,7-12,15,22,24-25H,5-6H2,1-2H3,(H2,21,23). The number of nitrogens with two attached hydrogens (primary N) is 1. The smallest absolute Gasteiger partial charge is 0.250 e. The number of carbonyl (C=O) groups is 1. The van der Waals surface area contributed by atoms with Crippen LogP contribution in [0.1, 0.15) is 48.5 Å². The fraction of sp³-hybridized carbons (Fsp3) is 0.350. The lowest BCUT2D eigenvalue weighted by molar-refractivity contribution is 0.100. The molecule has 5 nitrogen and oxygen atoms in total. The molecule has 4 rings (SSSR count). The Morgan fingerprint density at radius 2 is 1.93 bits per heavy atom. The maximum Gasteiger partial charge on any atom is 0.250 e. The first kappa shape index (κ1) is 18.6. The molecule has 144 valence electrons. The van der Waals surface area contributed by atoms with E-state index in [-0.39, 0.29) is 16.4 Å². The molecule has 1 aliphatic heterocycles. The van der Waals surface area contributed by atoms with E-state index >= 15 is 0 Å². The monoisotopic (exact) mass is 404 g/mol. The summed E-state index contributed by atoms with van der Waals surface area (Å²) in [5.41, 5.74) is 10.1. The Morgan fingerprint density at radius 1 is 1.22 bits per heavy atom. The van der Waals surface area contributed by atoms with E-state index in [0.29, 0.717) is 18.4 Å². The van der Waals surface area contributed by atoms with Gasteiger partial charge < -0.3 is 10.7 Å². The van der Waals surface area contributed by atoms with Gasteiger partial charge in [-0.1, -0.05) is 0 Å². The molecule has 1 saturated heterocycles. The van der Waals surface area contributed by atoms with E-state index in [2.05, 4.69) is 16.4 Å². The van der Waals surface area contributed by atoms with Crippen LogP contribution in [0, 0.1) is 0 Å². The maximum absolute atomic E-state index is 12.1. The second kappa shape index (κ2) is 6.67. The van der Waals surface area contributed by atoms with E-state index in [1.165, 1.54) is 0 Å². The minimum absolute atomic E-state index is 0.146. The topological polar surface area (TPSA) is 99.3 Å². The van der Waals surface area contributed by atoms with Crippen LogP contribution in [-0.2, 0) is 0 Å². The summed E-state index contributed by atoms with van der Waals surface area (Å²) in [7, 11) is -2.57. The fourth-order valence-corrected chi connectivity index (χ4v) is 6.70. The molecule has 1 aromatic carbocycles. The van der Waals surface area contributed by atoms with Crippen molar-refractivity contribution in [3.8, 4) is 11.1 Å². The summed E-state index contributed by atoms with van der Waals surface area (Å²) in [6.07, 6.45) is 3.39. The van der Waals surface area contributed by atoms with Crippen molar-refractivity contribution in [3.63, 3.8) is 0 Å². The molecule has 2 unspecified atom stereocenters. The van der Waals surface area contributed by atoms with E-state index < -0.39 is 16.5 Å². The first-order valence-electron chi connectivity index (χ1n) is 9.02. The van der Waals surface area contributed by atoms with Gasteiger partial charge >= 0.3 is 0 Å². The van der Waals surface area contributed by atoms with Crippen LogP contribution in [0.5, 0.6) is 0 Å². The second-order valence-corrected chi connectivity index (χ2v) is 11.2. The zero-order valence-electron chi connectivity index (χ0n) is 15.3. The van der Waals surface area contributed by atoms with Crippen LogP contribution >= 0.6 is 21.9 Å². The second-order valence-electron chi connectivity index (χ2n) is 7.50. The molecule has 2 atom stereocenters. The Bertz CT molecular complexity index is 980. The zero-order valence-corrected chi connectivity index (χ0v) is 16.9. The average molecular weight is 405 g/mol. The lowest BCUT2D eigenvalue weighted by Crippen LogP contribution is -2.32. The van der Waals surface area contributed by atoms with Gasteiger partial charge in [-0.15, -0.1) is 0 Å². The lowest BCUT2D eigenvalue weighted by atomic mass is 9.88. The number of nitrogens with one attached hydrogen (secondary N) is 1. The van der Waals surface area contributed by atoms with Crippen LogP contribution < -0.4 is 5.73 Å². The Morgan fingerprint density at radius 3 is 2.52 bits per heavy atom. The van der Waals surface area contributed by atoms with Crippen molar-refractivity contribution in [2.75, 3.05) is 0 Å². The summed E-state index contributed by atoms with van der Waals surface area (Å²) in [5, 5.41) is 4.77. The molecule has 0 aliphatic carbocycles. The number of fused-ring (bicyclic) bond motifs is 1. The molecule has 7 heteroatoms. The predicted molar refractivity (Wildman–Crippen MR) is 114 cm³/mol. The summed E-state index contributed by atoms with van der Waals surface area (Å²) in [4.78, 5) is 15.3. The van der Waals surface area contributed by atoms with Gasteiger partial charge in [0.2, 0.25) is 0 Å². The number of benzene rings is 1. The molecule has 2 aromatic heterocycles. The number of H-pyrrole nitrogens is 1. The highest BCUT2D eigenvalue weighted by Crippen LogP contribution is 2.58. The third-order valence-corrected chi connectivity index (χ3v) is 9.24. The number of primary amides is 1. The fourth-order valence-electron chi connectivity index (χ4n) is 4.21. The Labute approximate surface area is 164 Å². The number of rotatable bonds is 3. The summed E-state index contributed by atoms with van der Waals surface area (Å²) >= 11 is 1.61. The molecule has 27 heavy (non-hydrogen) atoms. The number of hydrogen-bond acceptors (Lipinski definition) is 4. The van der Waals surface area contributed by atoms with Gasteiger partial charge in [0, 0.05) is 22.1 Å². The van der Waals surface area contributed by atoms with E-state index in [1.807, 2.05) is 37.6 Å². The number of hydrogen-bond donors (Lipinski definition) is 4. The average Bonchev–Trinajstić information content (AvgIpc) is 3.28. The van der Waals surface area contributed by atoms with Crippen molar-refractivity contribution in [2.45, 2.75) is 43.1 Å². The molecular formula is C20H24N2O3S2. The molecule has 1 amide bonds. The van der Waals surface area contributed by atoms with Crippen molar-refractivity contribution < 1.29 is 13.9 Å². The van der Waals surface area contributed by atoms with Crippen molar-refractivity contribution in [1.29, 1.82) is 0 Å². The largest absolute Gasteiger partial charge is 0.366 e. The van der Waals surface area contributed by atoms with Gasteiger partial charge in [-0.25, -0.2) is 0 Å². The molecule has 1 fully saturated rings. The third-order valence-electron chi connectivity index (χ3n) is 5.80. The summed E-state index contributed by atoms with van der Waals surface area (Å²) in [5.74, 6) is -0.243. The van der Waals surface area contributed by atoms with Crippen LogP contribution in [0.15, 0.2) is 35.2 Å². The third kappa shape index (κ3) is 3.08. The van der Waals surface area contributed by atoms with Crippen molar-refractivity contribution in [2.24, 2.45) is 5.73 Å². The lowest BCUT2D eigenvalue weighted by Gasteiger charge is -2.49. The highest BCUT2D eigenvalue weighted by atomic mass is 32.3. The van der Waals surface area contributed by atoms with Crippen LogP contribution in [0.25, 0.3) is 22.0 Å². The maximum atomic E-state index is 12.1. The summed E-state index contributed by atoms with van der Waals surface area (Å²) in [6.45, 7) is 3.83. The number of thiophene rings is 1. The molecule has 3 aromatic rings. The van der Waals surface area contributed by atoms with Gasteiger partial charge in [0.05, 0.1) is 11.1 Å². The summed E-state index contributed by atoms with van der Waals surface area (Å²) < 4.78 is 20.8. The van der Waals surface area contributed by atoms with Crippen molar-refractivity contribution in [1.82, 2.24) is 4.98 Å². The van der Waals surface area contributed by atoms with E-state index in [9.17, 15) is 13.9 Å². The highest BCUT2D eigenvalue weighted by molar-refractivity contribution is 8.25. The van der Waals surface area contributed by atoms with E-state index in [4.69, 9.17) is 5.73 Å². The normalized spacial score (nSPS) is 26.1. The molecular weight excluding hydrogens is 380 g/mol. The van der Waals surface area contributed by atoms with Gasteiger partial charge in [-0.2, -0.15) is 21.9 Å². The summed E-state index contributed by atoms with van der Waals surface area (Å²) in [6, 6.07) is 5.98. The zero-order chi connectivity index (χ0) is 19.3. The Balaban J connectivity index is 1.84.